The number of benzene rings is 1. The quantitative estimate of drug-likeness (QED) is 0.689. The Morgan fingerprint density at radius 2 is 1.78 bits per heavy atom. The van der Waals surface area contributed by atoms with E-state index in [2.05, 4.69) is 25.8 Å². The van der Waals surface area contributed by atoms with Crippen LogP contribution in [0.25, 0.3) is 0 Å². The molecule has 0 aliphatic rings. The molecule has 1 rings (SSSR count). The molecular weight excluding hydrogens is 222 g/mol. The van der Waals surface area contributed by atoms with Gasteiger partial charge in [0.15, 0.2) is 0 Å². The molecule has 2 heteroatoms. The van der Waals surface area contributed by atoms with Crippen molar-refractivity contribution in [1.82, 2.24) is 4.90 Å². The lowest BCUT2D eigenvalue weighted by Crippen LogP contribution is -2.42. The van der Waals surface area contributed by atoms with Gasteiger partial charge in [0.25, 0.3) is 0 Å². The predicted molar refractivity (Wildman–Crippen MR) is 76.9 cm³/mol. The van der Waals surface area contributed by atoms with Crippen LogP contribution in [-0.2, 0) is 10.2 Å². The Kier molecular flexibility index (Phi) is 5.54. The van der Waals surface area contributed by atoms with Gasteiger partial charge in [-0.3, -0.25) is 0 Å². The molecule has 100 valence electrons. The van der Waals surface area contributed by atoms with Crippen LogP contribution in [0, 0.1) is 0 Å². The van der Waals surface area contributed by atoms with Gasteiger partial charge in [-0.25, -0.2) is 0 Å². The second kappa shape index (κ2) is 6.69. The Morgan fingerprint density at radius 3 is 2.22 bits per heavy atom. The van der Waals surface area contributed by atoms with E-state index >= 15 is 0 Å². The fourth-order valence-corrected chi connectivity index (χ4v) is 2.57. The zero-order chi connectivity index (χ0) is 13.6. The van der Waals surface area contributed by atoms with Gasteiger partial charge in [-0.15, -0.1) is 0 Å². The van der Waals surface area contributed by atoms with Gasteiger partial charge >= 0.3 is 0 Å². The smallest absolute Gasteiger partial charge is 0.131 e. The third-order valence-electron chi connectivity index (χ3n) is 3.84. The van der Waals surface area contributed by atoms with Crippen LogP contribution < -0.4 is 0 Å². The molecule has 0 N–H and O–H groups in total. The summed E-state index contributed by atoms with van der Waals surface area (Å²) in [6.45, 7) is 7.19. The number of carbonyl (C=O) groups is 1. The Bertz CT molecular complexity index is 359. The van der Waals surface area contributed by atoms with E-state index in [0.717, 1.165) is 31.2 Å². The first-order valence-corrected chi connectivity index (χ1v) is 6.79. The second-order valence-electron chi connectivity index (χ2n) is 5.29. The molecule has 1 atom stereocenters. The summed E-state index contributed by atoms with van der Waals surface area (Å²) in [5, 5.41) is 0. The molecule has 0 saturated heterocycles. The molecule has 0 bridgehead atoms. The maximum absolute atomic E-state index is 11.5. The molecule has 18 heavy (non-hydrogen) atoms. The molecule has 1 unspecified atom stereocenters. The standard InChI is InChI=1S/C16H25NO/c1-5-15(6-2)17(4)12-16(3,13-18)14-10-8-7-9-11-14/h7-11,13,15H,5-6,12H2,1-4H3. The van der Waals surface area contributed by atoms with Gasteiger partial charge in [-0.2, -0.15) is 0 Å². The van der Waals surface area contributed by atoms with Crippen LogP contribution in [0.2, 0.25) is 0 Å². The highest BCUT2D eigenvalue weighted by atomic mass is 16.1. The number of rotatable bonds is 7. The zero-order valence-corrected chi connectivity index (χ0v) is 12.0. The van der Waals surface area contributed by atoms with Crippen molar-refractivity contribution >= 4 is 6.29 Å². The van der Waals surface area contributed by atoms with Crippen molar-refractivity contribution in [2.45, 2.75) is 45.1 Å². The molecule has 0 aromatic heterocycles. The van der Waals surface area contributed by atoms with Crippen LogP contribution >= 0.6 is 0 Å². The summed E-state index contributed by atoms with van der Waals surface area (Å²) in [5.41, 5.74) is 0.677. The Morgan fingerprint density at radius 1 is 1.22 bits per heavy atom. The van der Waals surface area contributed by atoms with Crippen molar-refractivity contribution in [2.24, 2.45) is 0 Å². The van der Waals surface area contributed by atoms with E-state index in [9.17, 15) is 4.79 Å². The van der Waals surface area contributed by atoms with Crippen LogP contribution in [0.3, 0.4) is 0 Å². The van der Waals surface area contributed by atoms with Crippen LogP contribution in [0.5, 0.6) is 0 Å². The van der Waals surface area contributed by atoms with Crippen molar-refractivity contribution in [3.8, 4) is 0 Å². The zero-order valence-electron chi connectivity index (χ0n) is 12.0. The predicted octanol–water partition coefficient (Wildman–Crippen LogP) is 3.26. The third kappa shape index (κ3) is 3.42. The van der Waals surface area contributed by atoms with Gasteiger partial charge in [-0.1, -0.05) is 44.2 Å². The molecule has 0 aliphatic carbocycles. The molecule has 0 aliphatic heterocycles. The first-order chi connectivity index (χ1) is 8.57. The number of aldehydes is 1. The maximum atomic E-state index is 11.5. The molecular formula is C16H25NO. The highest BCUT2D eigenvalue weighted by Crippen LogP contribution is 2.23. The molecule has 0 amide bonds. The van der Waals surface area contributed by atoms with Crippen molar-refractivity contribution in [2.75, 3.05) is 13.6 Å². The second-order valence-corrected chi connectivity index (χ2v) is 5.29. The molecule has 2 nitrogen and oxygen atoms in total. The minimum atomic E-state index is -0.418. The van der Waals surface area contributed by atoms with E-state index in [1.54, 1.807) is 0 Å². The third-order valence-corrected chi connectivity index (χ3v) is 3.84. The highest BCUT2D eigenvalue weighted by molar-refractivity contribution is 5.68. The largest absolute Gasteiger partial charge is 0.302 e. The van der Waals surface area contributed by atoms with Gasteiger partial charge in [0.05, 0.1) is 5.41 Å². The van der Waals surface area contributed by atoms with Crippen LogP contribution in [0.4, 0.5) is 0 Å². The van der Waals surface area contributed by atoms with Gasteiger partial charge in [0, 0.05) is 12.6 Å². The minimum Gasteiger partial charge on any atom is -0.302 e. The number of carbonyl (C=O) groups excluding carboxylic acids is 1. The molecule has 0 spiro atoms. The fraction of sp³-hybridized carbons (Fsp3) is 0.562. The monoisotopic (exact) mass is 247 g/mol. The molecule has 0 radical (unpaired) electrons. The lowest BCUT2D eigenvalue weighted by atomic mass is 9.83. The average Bonchev–Trinajstić information content (AvgIpc) is 2.41. The molecule has 1 aromatic rings. The van der Waals surface area contributed by atoms with Crippen molar-refractivity contribution < 1.29 is 4.79 Å². The van der Waals surface area contributed by atoms with Crippen molar-refractivity contribution in [1.29, 1.82) is 0 Å². The topological polar surface area (TPSA) is 20.3 Å². The maximum Gasteiger partial charge on any atom is 0.131 e. The van der Waals surface area contributed by atoms with E-state index < -0.39 is 5.41 Å². The molecule has 0 saturated carbocycles. The molecule has 1 aromatic carbocycles. The lowest BCUT2D eigenvalue weighted by molar-refractivity contribution is -0.112. The van der Waals surface area contributed by atoms with Gasteiger partial charge in [-0.05, 0) is 32.4 Å². The Labute approximate surface area is 111 Å². The fourth-order valence-electron chi connectivity index (χ4n) is 2.57. The van der Waals surface area contributed by atoms with Crippen LogP contribution in [0.15, 0.2) is 30.3 Å². The van der Waals surface area contributed by atoms with E-state index in [-0.39, 0.29) is 0 Å². The minimum absolute atomic E-state index is 0.418. The molecule has 0 heterocycles. The van der Waals surface area contributed by atoms with Crippen molar-refractivity contribution in [3.05, 3.63) is 35.9 Å². The average molecular weight is 247 g/mol. The summed E-state index contributed by atoms with van der Waals surface area (Å²) in [6, 6.07) is 10.6. The Balaban J connectivity index is 2.87. The van der Waals surface area contributed by atoms with E-state index in [1.807, 2.05) is 37.3 Å². The number of hydrogen-bond donors (Lipinski definition) is 0. The Hall–Kier alpha value is -1.15. The summed E-state index contributed by atoms with van der Waals surface area (Å²) in [6.07, 6.45) is 3.33. The van der Waals surface area contributed by atoms with Gasteiger partial charge in [0.1, 0.15) is 6.29 Å². The van der Waals surface area contributed by atoms with E-state index in [1.165, 1.54) is 0 Å². The first-order valence-electron chi connectivity index (χ1n) is 6.79. The SMILES string of the molecule is CCC(CC)N(C)CC(C)(C=O)c1ccccc1. The van der Waals surface area contributed by atoms with Crippen LogP contribution in [0.1, 0.15) is 39.2 Å². The van der Waals surface area contributed by atoms with Crippen molar-refractivity contribution in [3.63, 3.8) is 0 Å². The first kappa shape index (κ1) is 14.9. The molecule has 0 fully saturated rings. The summed E-state index contributed by atoms with van der Waals surface area (Å²) in [5.74, 6) is 0. The summed E-state index contributed by atoms with van der Waals surface area (Å²) < 4.78 is 0. The van der Waals surface area contributed by atoms with Gasteiger partial charge in [0.2, 0.25) is 0 Å². The number of nitrogens with zero attached hydrogens (tertiary/aromatic N) is 1. The van der Waals surface area contributed by atoms with E-state index in [0.29, 0.717) is 6.04 Å². The van der Waals surface area contributed by atoms with Crippen LogP contribution in [-0.4, -0.2) is 30.8 Å². The summed E-state index contributed by atoms with van der Waals surface area (Å²) in [4.78, 5) is 13.8. The number of hydrogen-bond acceptors (Lipinski definition) is 2. The highest BCUT2D eigenvalue weighted by Gasteiger charge is 2.29. The lowest BCUT2D eigenvalue weighted by Gasteiger charge is -2.34. The van der Waals surface area contributed by atoms with E-state index in [4.69, 9.17) is 0 Å². The van der Waals surface area contributed by atoms with Gasteiger partial charge < -0.3 is 9.69 Å². The normalized spacial score (nSPS) is 14.8. The summed E-state index contributed by atoms with van der Waals surface area (Å²) >= 11 is 0. The summed E-state index contributed by atoms with van der Waals surface area (Å²) in [7, 11) is 2.11. The number of likely N-dealkylation sites (N-methyl/N-ethyl adjacent to an activating group) is 1.